The first kappa shape index (κ1) is 20.6. The average molecular weight is 383 g/mol. The largest absolute Gasteiger partial charge is 0.307 e. The van der Waals surface area contributed by atoms with Gasteiger partial charge in [-0.1, -0.05) is 31.5 Å². The van der Waals surface area contributed by atoms with E-state index in [0.717, 1.165) is 48.3 Å². The Balaban J connectivity index is 2.01. The molecule has 0 atom stereocenters. The molecule has 152 valence electrons. The molecule has 0 amide bonds. The third kappa shape index (κ3) is 4.46. The van der Waals surface area contributed by atoms with Crippen molar-refractivity contribution >= 4 is 5.71 Å². The molecule has 1 fully saturated rings. The van der Waals surface area contributed by atoms with E-state index >= 15 is 0 Å². The molecule has 5 nitrogen and oxygen atoms in total. The van der Waals surface area contributed by atoms with Gasteiger partial charge in [0.1, 0.15) is 0 Å². The van der Waals surface area contributed by atoms with E-state index in [2.05, 4.69) is 45.0 Å². The summed E-state index contributed by atoms with van der Waals surface area (Å²) in [5, 5.41) is 7.03. The van der Waals surface area contributed by atoms with Gasteiger partial charge in [-0.25, -0.2) is 4.68 Å². The van der Waals surface area contributed by atoms with Crippen molar-refractivity contribution in [2.75, 3.05) is 0 Å². The maximum Gasteiger partial charge on any atom is 0.280 e. The summed E-state index contributed by atoms with van der Waals surface area (Å²) in [7, 11) is 0. The highest BCUT2D eigenvalue weighted by Crippen LogP contribution is 2.30. The Morgan fingerprint density at radius 1 is 1.14 bits per heavy atom. The summed E-state index contributed by atoms with van der Waals surface area (Å²) in [5.74, 6) is 0. The number of aryl methyl sites for hydroxylation is 1. The SMILES string of the molecule is CCCc1[nH]n(-c2ccccc2)c(=O)c1C(C)=NC1CC(C)(C)NC(C)(C)C1. The summed E-state index contributed by atoms with van der Waals surface area (Å²) in [4.78, 5) is 18.3. The van der Waals surface area contributed by atoms with E-state index in [9.17, 15) is 4.79 Å². The Kier molecular flexibility index (Phi) is 5.67. The van der Waals surface area contributed by atoms with Crippen molar-refractivity contribution in [2.45, 2.75) is 84.3 Å². The third-order valence-corrected chi connectivity index (χ3v) is 5.39. The average Bonchev–Trinajstić information content (AvgIpc) is 2.89. The van der Waals surface area contributed by atoms with Crippen molar-refractivity contribution in [3.8, 4) is 5.69 Å². The van der Waals surface area contributed by atoms with Crippen molar-refractivity contribution in [1.29, 1.82) is 0 Å². The lowest BCUT2D eigenvalue weighted by Gasteiger charge is -2.45. The van der Waals surface area contributed by atoms with Crippen molar-refractivity contribution in [3.63, 3.8) is 0 Å². The molecule has 28 heavy (non-hydrogen) atoms. The smallest absolute Gasteiger partial charge is 0.280 e. The van der Waals surface area contributed by atoms with Crippen LogP contribution in [0.4, 0.5) is 0 Å². The van der Waals surface area contributed by atoms with Gasteiger partial charge in [0.2, 0.25) is 0 Å². The van der Waals surface area contributed by atoms with E-state index in [0.29, 0.717) is 0 Å². The Bertz CT molecular complexity index is 886. The Morgan fingerprint density at radius 2 is 1.75 bits per heavy atom. The van der Waals surface area contributed by atoms with E-state index in [-0.39, 0.29) is 22.7 Å². The molecule has 1 aliphatic rings. The molecule has 0 radical (unpaired) electrons. The second kappa shape index (κ2) is 7.70. The summed E-state index contributed by atoms with van der Waals surface area (Å²) in [6.07, 6.45) is 3.74. The van der Waals surface area contributed by atoms with E-state index in [1.165, 1.54) is 0 Å². The molecule has 3 rings (SSSR count). The predicted molar refractivity (Wildman–Crippen MR) is 117 cm³/mol. The van der Waals surface area contributed by atoms with Crippen molar-refractivity contribution in [1.82, 2.24) is 15.1 Å². The molecule has 5 heteroatoms. The molecule has 0 unspecified atom stereocenters. The molecule has 1 aliphatic heterocycles. The third-order valence-electron chi connectivity index (χ3n) is 5.39. The van der Waals surface area contributed by atoms with Gasteiger partial charge in [-0.2, -0.15) is 0 Å². The number of nitrogens with zero attached hydrogens (tertiary/aromatic N) is 2. The van der Waals surface area contributed by atoms with Gasteiger partial charge in [0, 0.05) is 22.5 Å². The monoisotopic (exact) mass is 382 g/mol. The van der Waals surface area contributed by atoms with Crippen LogP contribution in [0, 0.1) is 0 Å². The van der Waals surface area contributed by atoms with Crippen LogP contribution in [0.25, 0.3) is 5.69 Å². The molecule has 0 aliphatic carbocycles. The lowest BCUT2D eigenvalue weighted by atomic mass is 9.80. The van der Waals surface area contributed by atoms with Crippen LogP contribution in [0.15, 0.2) is 40.1 Å². The molecular weight excluding hydrogens is 348 g/mol. The minimum absolute atomic E-state index is 0.0108. The molecule has 2 N–H and O–H groups in total. The normalized spacial score (nSPS) is 19.7. The van der Waals surface area contributed by atoms with Gasteiger partial charge in [-0.3, -0.25) is 14.9 Å². The number of hydrogen-bond donors (Lipinski definition) is 2. The van der Waals surface area contributed by atoms with Crippen molar-refractivity contribution in [3.05, 3.63) is 51.9 Å². The fraction of sp³-hybridized carbons (Fsp3) is 0.565. The number of hydrogen-bond acceptors (Lipinski definition) is 3. The van der Waals surface area contributed by atoms with E-state index in [1.54, 1.807) is 4.68 Å². The van der Waals surface area contributed by atoms with Gasteiger partial charge in [0.15, 0.2) is 0 Å². The number of aromatic amines is 1. The molecule has 2 aromatic rings. The number of para-hydroxylation sites is 1. The van der Waals surface area contributed by atoms with Crippen molar-refractivity contribution < 1.29 is 0 Å². The van der Waals surface area contributed by atoms with E-state index < -0.39 is 0 Å². The standard InChI is InChI=1S/C23H34N4O/c1-7-11-19-20(21(28)27(25-19)18-12-9-8-10-13-18)16(2)24-17-14-22(3,4)26-23(5,6)15-17/h8-10,12-13,17,25-26H,7,11,14-15H2,1-6H3. The topological polar surface area (TPSA) is 62.2 Å². The summed E-state index contributed by atoms with van der Waals surface area (Å²) in [6, 6.07) is 9.95. The fourth-order valence-corrected chi connectivity index (χ4v) is 4.74. The first-order chi connectivity index (χ1) is 13.1. The highest BCUT2D eigenvalue weighted by atomic mass is 16.1. The van der Waals surface area contributed by atoms with Gasteiger partial charge < -0.3 is 5.32 Å². The molecule has 1 saturated heterocycles. The van der Waals surface area contributed by atoms with Crippen LogP contribution in [0.3, 0.4) is 0 Å². The second-order valence-electron chi connectivity index (χ2n) is 9.36. The number of benzene rings is 1. The van der Waals surface area contributed by atoms with Crippen molar-refractivity contribution in [2.24, 2.45) is 4.99 Å². The maximum atomic E-state index is 13.2. The summed E-state index contributed by atoms with van der Waals surface area (Å²) >= 11 is 0. The number of aromatic nitrogens is 2. The van der Waals surface area contributed by atoms with Crippen LogP contribution in [0.5, 0.6) is 0 Å². The molecule has 2 heterocycles. The number of H-pyrrole nitrogens is 1. The minimum atomic E-state index is -0.0108. The maximum absolute atomic E-state index is 13.2. The summed E-state index contributed by atoms with van der Waals surface area (Å²) < 4.78 is 1.65. The van der Waals surface area contributed by atoms with Gasteiger partial charge in [-0.15, -0.1) is 0 Å². The molecule has 0 saturated carbocycles. The molecule has 1 aromatic heterocycles. The first-order valence-corrected chi connectivity index (χ1v) is 10.4. The van der Waals surface area contributed by atoms with Crippen LogP contribution in [0.2, 0.25) is 0 Å². The van der Waals surface area contributed by atoms with Gasteiger partial charge in [0.05, 0.1) is 17.3 Å². The Labute approximate surface area is 168 Å². The molecular formula is C23H34N4O. The van der Waals surface area contributed by atoms with Gasteiger partial charge in [0.25, 0.3) is 5.56 Å². The molecule has 1 aromatic carbocycles. The number of aliphatic imine (C=N–C) groups is 1. The zero-order valence-electron chi connectivity index (χ0n) is 18.1. The van der Waals surface area contributed by atoms with Crippen LogP contribution < -0.4 is 10.9 Å². The van der Waals surface area contributed by atoms with Crippen LogP contribution in [0.1, 0.15) is 72.1 Å². The zero-order valence-corrected chi connectivity index (χ0v) is 18.1. The number of rotatable bonds is 5. The summed E-state index contributed by atoms with van der Waals surface area (Å²) in [5.41, 5.74) is 3.47. The molecule has 0 spiro atoms. The highest BCUT2D eigenvalue weighted by molar-refractivity contribution is 5.99. The molecule has 0 bridgehead atoms. The fourth-order valence-electron chi connectivity index (χ4n) is 4.74. The number of nitrogens with one attached hydrogen (secondary N) is 2. The van der Waals surface area contributed by atoms with Crippen LogP contribution >= 0.6 is 0 Å². The Morgan fingerprint density at radius 3 is 2.32 bits per heavy atom. The predicted octanol–water partition coefficient (Wildman–Crippen LogP) is 4.24. The van der Waals surface area contributed by atoms with E-state index in [4.69, 9.17) is 4.99 Å². The van der Waals surface area contributed by atoms with Crippen LogP contribution in [-0.4, -0.2) is 32.6 Å². The minimum Gasteiger partial charge on any atom is -0.307 e. The van der Waals surface area contributed by atoms with Gasteiger partial charge in [-0.05, 0) is 66.0 Å². The Hall–Kier alpha value is -2.14. The summed E-state index contributed by atoms with van der Waals surface area (Å²) in [6.45, 7) is 13.0. The lowest BCUT2D eigenvalue weighted by Crippen LogP contribution is -2.58. The number of piperidine rings is 1. The van der Waals surface area contributed by atoms with Crippen LogP contribution in [-0.2, 0) is 6.42 Å². The lowest BCUT2D eigenvalue weighted by molar-refractivity contribution is 0.164. The van der Waals surface area contributed by atoms with Gasteiger partial charge >= 0.3 is 0 Å². The zero-order chi connectivity index (χ0) is 20.5. The first-order valence-electron chi connectivity index (χ1n) is 10.4. The van der Waals surface area contributed by atoms with E-state index in [1.807, 2.05) is 37.3 Å². The quantitative estimate of drug-likeness (QED) is 0.760. The second-order valence-corrected chi connectivity index (χ2v) is 9.36. The highest BCUT2D eigenvalue weighted by Gasteiger charge is 2.37.